The van der Waals surface area contributed by atoms with E-state index in [9.17, 15) is 4.79 Å². The number of carbonyl (C=O) groups excluding carboxylic acids is 1. The lowest BCUT2D eigenvalue weighted by Crippen LogP contribution is -2.33. The summed E-state index contributed by atoms with van der Waals surface area (Å²) >= 11 is 1.39. The summed E-state index contributed by atoms with van der Waals surface area (Å²) in [5, 5.41) is 15.2. The molecule has 1 fully saturated rings. The summed E-state index contributed by atoms with van der Waals surface area (Å²) in [6, 6.07) is 7.48. The molecule has 2 aromatic rings. The predicted molar refractivity (Wildman–Crippen MR) is 105 cm³/mol. The number of nitrogens with zero attached hydrogens (tertiary/aromatic N) is 3. The Morgan fingerprint density at radius 3 is 2.77 bits per heavy atom. The highest BCUT2D eigenvalue weighted by Crippen LogP contribution is 2.30. The highest BCUT2D eigenvalue weighted by Gasteiger charge is 2.21. The quantitative estimate of drug-likeness (QED) is 0.785. The van der Waals surface area contributed by atoms with Gasteiger partial charge in [0, 0.05) is 13.1 Å². The third kappa shape index (κ3) is 4.63. The normalized spacial score (nSPS) is 14.7. The minimum Gasteiger partial charge on any atom is -0.492 e. The molecule has 0 aliphatic heterocycles. The molecule has 1 aromatic carbocycles. The van der Waals surface area contributed by atoms with Crippen molar-refractivity contribution >= 4 is 33.3 Å². The fourth-order valence-electron chi connectivity index (χ4n) is 3.14. The van der Waals surface area contributed by atoms with Gasteiger partial charge in [-0.1, -0.05) is 42.7 Å². The number of anilines is 3. The number of hydrogen-bond acceptors (Lipinski definition) is 6. The molecule has 0 radical (unpaired) electrons. The maximum absolute atomic E-state index is 12.3. The molecule has 0 spiro atoms. The van der Waals surface area contributed by atoms with E-state index in [0.717, 1.165) is 5.13 Å². The van der Waals surface area contributed by atoms with Gasteiger partial charge >= 0.3 is 6.03 Å². The Labute approximate surface area is 157 Å². The van der Waals surface area contributed by atoms with Crippen LogP contribution in [0.15, 0.2) is 24.3 Å². The maximum Gasteiger partial charge on any atom is 0.325 e. The van der Waals surface area contributed by atoms with E-state index in [-0.39, 0.29) is 6.03 Å². The van der Waals surface area contributed by atoms with Gasteiger partial charge in [-0.3, -0.25) is 5.32 Å². The van der Waals surface area contributed by atoms with Crippen LogP contribution in [0.4, 0.5) is 20.7 Å². The van der Waals surface area contributed by atoms with Gasteiger partial charge in [0.25, 0.3) is 0 Å². The van der Waals surface area contributed by atoms with Crippen LogP contribution in [-0.4, -0.2) is 35.9 Å². The van der Waals surface area contributed by atoms with Crippen LogP contribution < -0.4 is 20.3 Å². The fraction of sp³-hybridized carbons (Fsp3) is 0.500. The summed E-state index contributed by atoms with van der Waals surface area (Å²) < 4.78 is 5.52. The van der Waals surface area contributed by atoms with Crippen molar-refractivity contribution in [3.05, 3.63) is 24.3 Å². The van der Waals surface area contributed by atoms with Gasteiger partial charge in [0.1, 0.15) is 5.75 Å². The van der Waals surface area contributed by atoms with Crippen LogP contribution in [0.1, 0.15) is 39.0 Å². The minimum atomic E-state index is -0.361. The zero-order valence-corrected chi connectivity index (χ0v) is 16.0. The van der Waals surface area contributed by atoms with Gasteiger partial charge < -0.3 is 15.0 Å². The minimum absolute atomic E-state index is 0.361. The van der Waals surface area contributed by atoms with Crippen LogP contribution in [0.3, 0.4) is 0 Å². The Bertz CT molecular complexity index is 730. The number of carbonyl (C=O) groups is 1. The van der Waals surface area contributed by atoms with Gasteiger partial charge in [-0.2, -0.15) is 0 Å². The molecular weight excluding hydrogens is 350 g/mol. The zero-order chi connectivity index (χ0) is 18.4. The second kappa shape index (κ2) is 8.84. The molecule has 1 aliphatic rings. The Balaban J connectivity index is 1.59. The van der Waals surface area contributed by atoms with E-state index >= 15 is 0 Å². The average molecular weight is 375 g/mol. The first-order valence-electron chi connectivity index (χ1n) is 9.03. The van der Waals surface area contributed by atoms with Crippen molar-refractivity contribution in [1.82, 2.24) is 10.2 Å². The van der Waals surface area contributed by atoms with Crippen molar-refractivity contribution in [3.63, 3.8) is 0 Å². The topological polar surface area (TPSA) is 79.4 Å². The Morgan fingerprint density at radius 1 is 1.23 bits per heavy atom. The standard InChI is InChI=1S/C18H25N5O2S/c1-3-25-15-12-8-7-11-14(15)19-16(24)20-17-21-22-18(26-17)23(2)13-9-5-4-6-10-13/h7-8,11-13H,3-6,9-10H2,1-2H3,(H2,19,20,21,24). The third-order valence-electron chi connectivity index (χ3n) is 4.49. The number of rotatable bonds is 6. The van der Waals surface area contributed by atoms with Crippen molar-refractivity contribution in [2.45, 2.75) is 45.1 Å². The lowest BCUT2D eigenvalue weighted by atomic mass is 9.95. The molecule has 1 aromatic heterocycles. The van der Waals surface area contributed by atoms with Gasteiger partial charge in [0.2, 0.25) is 10.3 Å². The van der Waals surface area contributed by atoms with Gasteiger partial charge in [0.15, 0.2) is 0 Å². The molecule has 140 valence electrons. The van der Waals surface area contributed by atoms with Gasteiger partial charge in [-0.05, 0) is 31.9 Å². The van der Waals surface area contributed by atoms with E-state index in [2.05, 4.69) is 32.8 Å². The van der Waals surface area contributed by atoms with E-state index < -0.39 is 0 Å². The molecular formula is C18H25N5O2S. The summed E-state index contributed by atoms with van der Waals surface area (Å²) in [6.45, 7) is 2.44. The highest BCUT2D eigenvalue weighted by atomic mass is 32.1. The second-order valence-electron chi connectivity index (χ2n) is 6.30. The van der Waals surface area contributed by atoms with Crippen molar-refractivity contribution in [3.8, 4) is 5.75 Å². The Morgan fingerprint density at radius 2 is 2.00 bits per heavy atom. The fourth-order valence-corrected chi connectivity index (χ4v) is 3.91. The first-order chi connectivity index (χ1) is 12.7. The van der Waals surface area contributed by atoms with Crippen LogP contribution in [0.5, 0.6) is 5.75 Å². The summed E-state index contributed by atoms with van der Waals surface area (Å²) in [4.78, 5) is 14.5. The Kier molecular flexibility index (Phi) is 6.27. The van der Waals surface area contributed by atoms with Crippen LogP contribution >= 0.6 is 11.3 Å². The van der Waals surface area contributed by atoms with E-state index in [1.54, 1.807) is 6.07 Å². The first-order valence-corrected chi connectivity index (χ1v) is 9.85. The number of para-hydroxylation sites is 2. The number of urea groups is 1. The summed E-state index contributed by atoms with van der Waals surface area (Å²) in [6.07, 6.45) is 6.22. The lowest BCUT2D eigenvalue weighted by Gasteiger charge is -2.30. The van der Waals surface area contributed by atoms with Crippen LogP contribution in [0, 0.1) is 0 Å². The number of hydrogen-bond donors (Lipinski definition) is 2. The summed E-state index contributed by atoms with van der Waals surface area (Å²) in [5.74, 6) is 0.639. The molecule has 1 saturated carbocycles. The first kappa shape index (κ1) is 18.4. The molecule has 1 heterocycles. The summed E-state index contributed by atoms with van der Waals surface area (Å²) in [7, 11) is 2.05. The van der Waals surface area contributed by atoms with Crippen molar-refractivity contribution in [2.24, 2.45) is 0 Å². The van der Waals surface area contributed by atoms with Gasteiger partial charge in [0.05, 0.1) is 12.3 Å². The second-order valence-corrected chi connectivity index (χ2v) is 7.26. The molecule has 2 amide bonds. The van der Waals surface area contributed by atoms with E-state index in [4.69, 9.17) is 4.74 Å². The molecule has 26 heavy (non-hydrogen) atoms. The number of nitrogens with one attached hydrogen (secondary N) is 2. The van der Waals surface area contributed by atoms with Gasteiger partial charge in [-0.25, -0.2) is 4.79 Å². The number of ether oxygens (including phenoxy) is 1. The largest absolute Gasteiger partial charge is 0.492 e. The van der Waals surface area contributed by atoms with Crippen molar-refractivity contribution in [2.75, 3.05) is 29.2 Å². The van der Waals surface area contributed by atoms with Crippen LogP contribution in [-0.2, 0) is 0 Å². The molecule has 2 N–H and O–H groups in total. The zero-order valence-electron chi connectivity index (χ0n) is 15.2. The third-order valence-corrected chi connectivity index (χ3v) is 5.42. The molecule has 0 atom stereocenters. The molecule has 0 saturated heterocycles. The number of benzene rings is 1. The Hall–Kier alpha value is -2.35. The van der Waals surface area contributed by atoms with Crippen LogP contribution in [0.2, 0.25) is 0 Å². The molecule has 8 heteroatoms. The SMILES string of the molecule is CCOc1ccccc1NC(=O)Nc1nnc(N(C)C2CCCCC2)s1. The van der Waals surface area contributed by atoms with Crippen molar-refractivity contribution < 1.29 is 9.53 Å². The van der Waals surface area contributed by atoms with E-state index in [1.807, 2.05) is 25.1 Å². The van der Waals surface area contributed by atoms with E-state index in [0.29, 0.717) is 29.2 Å². The molecule has 1 aliphatic carbocycles. The molecule has 7 nitrogen and oxygen atoms in total. The predicted octanol–water partition coefficient (Wildman–Crippen LogP) is 4.35. The van der Waals surface area contributed by atoms with E-state index in [1.165, 1.54) is 43.4 Å². The molecule has 0 unspecified atom stereocenters. The van der Waals surface area contributed by atoms with Crippen LogP contribution in [0.25, 0.3) is 0 Å². The molecule has 3 rings (SSSR count). The summed E-state index contributed by atoms with van der Waals surface area (Å²) in [5.41, 5.74) is 0.621. The van der Waals surface area contributed by atoms with Gasteiger partial charge in [-0.15, -0.1) is 10.2 Å². The molecule has 0 bridgehead atoms. The lowest BCUT2D eigenvalue weighted by molar-refractivity contribution is 0.262. The maximum atomic E-state index is 12.3. The number of amides is 2. The highest BCUT2D eigenvalue weighted by molar-refractivity contribution is 7.19. The van der Waals surface area contributed by atoms with Crippen molar-refractivity contribution in [1.29, 1.82) is 0 Å². The number of aromatic nitrogens is 2. The average Bonchev–Trinajstić information content (AvgIpc) is 3.12. The smallest absolute Gasteiger partial charge is 0.325 e. The monoisotopic (exact) mass is 375 g/mol.